The molecule has 5 nitrogen and oxygen atoms in total. The van der Waals surface area contributed by atoms with Crippen molar-refractivity contribution in [1.29, 1.82) is 0 Å². The van der Waals surface area contributed by atoms with E-state index < -0.39 is 16.2 Å². The average molecular weight is 410 g/mol. The Bertz CT molecular complexity index is 1000. The maximum absolute atomic E-state index is 13.6. The van der Waals surface area contributed by atoms with Gasteiger partial charge in [-0.3, -0.25) is 15.0 Å². The van der Waals surface area contributed by atoms with Crippen LogP contribution in [-0.4, -0.2) is 17.4 Å². The predicted molar refractivity (Wildman–Crippen MR) is 116 cm³/mol. The van der Waals surface area contributed by atoms with Crippen LogP contribution in [0.3, 0.4) is 0 Å². The molecule has 0 heterocycles. The van der Waals surface area contributed by atoms with Crippen LogP contribution in [0.5, 0.6) is 0 Å². The second-order valence-electron chi connectivity index (χ2n) is 8.59. The maximum Gasteiger partial charge on any atom is 0.239 e. The van der Waals surface area contributed by atoms with E-state index in [9.17, 15) is 9.59 Å². The van der Waals surface area contributed by atoms with E-state index in [4.69, 9.17) is 11.6 Å². The minimum absolute atomic E-state index is 0.189. The predicted octanol–water partition coefficient (Wildman–Crippen LogP) is 5.14. The second kappa shape index (κ2) is 6.70. The molecular weight excluding hydrogens is 386 g/mol. The Balaban J connectivity index is 1.69. The molecule has 0 radical (unpaired) electrons. The molecular formula is C23H24ClN3O2. The van der Waals surface area contributed by atoms with Gasteiger partial charge in [0, 0.05) is 16.1 Å². The summed E-state index contributed by atoms with van der Waals surface area (Å²) in [5, 5.41) is 8.01. The number of nitrogens with zero attached hydrogens (tertiary/aromatic N) is 1. The molecule has 2 aromatic rings. The number of rotatable bonds is 4. The summed E-state index contributed by atoms with van der Waals surface area (Å²) in [4.78, 5) is 27.0. The van der Waals surface area contributed by atoms with E-state index in [2.05, 4.69) is 15.8 Å². The Morgan fingerprint density at radius 2 is 1.62 bits per heavy atom. The third kappa shape index (κ3) is 2.71. The number of hydrogen-bond donors (Lipinski definition) is 2. The zero-order valence-electron chi connectivity index (χ0n) is 16.8. The van der Waals surface area contributed by atoms with Gasteiger partial charge < -0.3 is 5.32 Å². The van der Waals surface area contributed by atoms with E-state index in [1.165, 1.54) is 0 Å². The van der Waals surface area contributed by atoms with E-state index in [0.29, 0.717) is 22.8 Å². The van der Waals surface area contributed by atoms with Gasteiger partial charge in [0.2, 0.25) is 5.91 Å². The maximum atomic E-state index is 13.6. The second-order valence-corrected chi connectivity index (χ2v) is 9.03. The van der Waals surface area contributed by atoms with Crippen LogP contribution in [-0.2, 0) is 9.59 Å². The molecule has 0 saturated heterocycles. The Morgan fingerprint density at radius 1 is 0.966 bits per heavy atom. The minimum Gasteiger partial charge on any atom is -0.325 e. The Labute approximate surface area is 175 Å². The number of anilines is 2. The molecule has 0 aliphatic heterocycles. The highest BCUT2D eigenvalue weighted by molar-refractivity contribution is 6.51. The molecule has 2 aromatic carbocycles. The first-order valence-corrected chi connectivity index (χ1v) is 10.1. The van der Waals surface area contributed by atoms with Crippen molar-refractivity contribution < 1.29 is 9.59 Å². The molecule has 2 aliphatic carbocycles. The molecule has 2 atom stereocenters. The van der Waals surface area contributed by atoms with Gasteiger partial charge in [0.15, 0.2) is 5.78 Å². The number of amides is 1. The van der Waals surface area contributed by atoms with E-state index in [0.717, 1.165) is 12.1 Å². The van der Waals surface area contributed by atoms with Crippen LogP contribution in [0.1, 0.15) is 33.6 Å². The van der Waals surface area contributed by atoms with Gasteiger partial charge in [0.25, 0.3) is 0 Å². The van der Waals surface area contributed by atoms with Crippen LogP contribution in [0.2, 0.25) is 5.02 Å². The fraction of sp³-hybridized carbons (Fsp3) is 0.348. The molecule has 2 unspecified atom stereocenters. The van der Waals surface area contributed by atoms with Crippen LogP contribution in [0.15, 0.2) is 59.7 Å². The number of carbonyl (C=O) groups excluding carboxylic acids is 2. The van der Waals surface area contributed by atoms with Crippen molar-refractivity contribution in [2.75, 3.05) is 10.7 Å². The highest BCUT2D eigenvalue weighted by Crippen LogP contribution is 2.69. The van der Waals surface area contributed by atoms with Crippen molar-refractivity contribution in [3.63, 3.8) is 0 Å². The third-order valence-corrected chi connectivity index (χ3v) is 7.38. The number of halogens is 1. The number of benzene rings is 2. The van der Waals surface area contributed by atoms with Crippen LogP contribution < -0.4 is 10.7 Å². The summed E-state index contributed by atoms with van der Waals surface area (Å²) in [6.45, 7) is 6.05. The van der Waals surface area contributed by atoms with Gasteiger partial charge in [-0.25, -0.2) is 0 Å². The van der Waals surface area contributed by atoms with Crippen molar-refractivity contribution >= 4 is 40.4 Å². The Kier molecular flexibility index (Phi) is 4.54. The number of para-hydroxylation sites is 1. The number of nitrogens with one attached hydrogen (secondary N) is 2. The zero-order valence-corrected chi connectivity index (χ0v) is 17.5. The molecule has 0 aromatic heterocycles. The average Bonchev–Trinajstić information content (AvgIpc) is 2.98. The van der Waals surface area contributed by atoms with E-state index in [-0.39, 0.29) is 11.7 Å². The van der Waals surface area contributed by atoms with Crippen LogP contribution >= 0.6 is 11.6 Å². The molecule has 2 fully saturated rings. The number of hydrazone groups is 1. The normalized spacial score (nSPS) is 28.6. The third-order valence-electron chi connectivity index (χ3n) is 7.13. The minimum atomic E-state index is -1.14. The molecule has 6 heteroatoms. The van der Waals surface area contributed by atoms with Crippen molar-refractivity contribution in [2.45, 2.75) is 33.6 Å². The molecule has 2 saturated carbocycles. The zero-order chi connectivity index (χ0) is 20.9. The highest BCUT2D eigenvalue weighted by atomic mass is 35.5. The van der Waals surface area contributed by atoms with Crippen molar-refractivity contribution in [2.24, 2.45) is 21.3 Å². The van der Waals surface area contributed by atoms with Gasteiger partial charge in [0.05, 0.1) is 5.69 Å². The quantitative estimate of drug-likeness (QED) is 0.542. The van der Waals surface area contributed by atoms with E-state index in [1.54, 1.807) is 24.3 Å². The van der Waals surface area contributed by atoms with Crippen molar-refractivity contribution in [3.8, 4) is 0 Å². The first-order valence-electron chi connectivity index (χ1n) is 9.73. The van der Waals surface area contributed by atoms with E-state index >= 15 is 0 Å². The molecule has 150 valence electrons. The Hall–Kier alpha value is -2.66. The van der Waals surface area contributed by atoms with Crippen LogP contribution in [0, 0.1) is 16.2 Å². The van der Waals surface area contributed by atoms with Gasteiger partial charge in [-0.1, -0.05) is 50.6 Å². The van der Waals surface area contributed by atoms with Gasteiger partial charge in [-0.05, 0) is 54.7 Å². The van der Waals surface area contributed by atoms with Gasteiger partial charge >= 0.3 is 0 Å². The molecule has 0 spiro atoms. The molecule has 4 rings (SSSR count). The molecule has 2 aliphatic rings. The van der Waals surface area contributed by atoms with Gasteiger partial charge in [0.1, 0.15) is 11.1 Å². The van der Waals surface area contributed by atoms with Crippen LogP contribution in [0.4, 0.5) is 11.4 Å². The number of Topliss-reactive ketones (excluding diaryl/α,β-unsaturated/α-hetero) is 1. The van der Waals surface area contributed by atoms with Gasteiger partial charge in [-0.15, -0.1) is 0 Å². The van der Waals surface area contributed by atoms with E-state index in [1.807, 2.05) is 51.1 Å². The topological polar surface area (TPSA) is 70.6 Å². The fourth-order valence-electron chi connectivity index (χ4n) is 4.88. The smallest absolute Gasteiger partial charge is 0.239 e. The number of hydrogen-bond acceptors (Lipinski definition) is 4. The summed E-state index contributed by atoms with van der Waals surface area (Å²) in [6.07, 6.45) is 1.24. The van der Waals surface area contributed by atoms with Crippen molar-refractivity contribution in [3.05, 3.63) is 59.6 Å². The summed E-state index contributed by atoms with van der Waals surface area (Å²) in [5.41, 5.74) is 2.68. The largest absolute Gasteiger partial charge is 0.325 e. The van der Waals surface area contributed by atoms with Crippen molar-refractivity contribution in [1.82, 2.24) is 0 Å². The summed E-state index contributed by atoms with van der Waals surface area (Å²) >= 11 is 5.94. The Morgan fingerprint density at radius 3 is 2.28 bits per heavy atom. The lowest BCUT2D eigenvalue weighted by Gasteiger charge is -2.37. The molecule has 2 N–H and O–H groups in total. The lowest BCUT2D eigenvalue weighted by Crippen LogP contribution is -2.47. The first-order chi connectivity index (χ1) is 13.7. The summed E-state index contributed by atoms with van der Waals surface area (Å²) in [5.74, 6) is -0.463. The monoisotopic (exact) mass is 409 g/mol. The molecule has 1 amide bonds. The fourth-order valence-corrected chi connectivity index (χ4v) is 5.00. The highest BCUT2D eigenvalue weighted by Gasteiger charge is 2.76. The summed E-state index contributed by atoms with van der Waals surface area (Å²) in [7, 11) is 0. The summed E-state index contributed by atoms with van der Waals surface area (Å²) < 4.78 is 0. The lowest BCUT2D eigenvalue weighted by atomic mass is 9.64. The standard InChI is InChI=1S/C23H24ClN3O2/c1-21(2)22(3)13-14-23(21,20(29)25-16-11-9-15(24)10-12-16)19(28)18(22)27-26-17-7-5-4-6-8-17/h4-12,26H,13-14H2,1-3H3,(H,25,29). The lowest BCUT2D eigenvalue weighted by molar-refractivity contribution is -0.139. The number of fused-ring (bicyclic) bond motifs is 2. The molecule has 2 bridgehead atoms. The first kappa shape index (κ1) is 19.6. The van der Waals surface area contributed by atoms with Gasteiger partial charge in [-0.2, -0.15) is 5.10 Å². The van der Waals surface area contributed by atoms with Crippen LogP contribution in [0.25, 0.3) is 0 Å². The number of ketones is 1. The SMILES string of the molecule is CC12CCC(C(=O)Nc3ccc(Cl)cc3)(C(=O)C1=NNc1ccccc1)C2(C)C. The number of carbonyl (C=O) groups is 2. The molecule has 29 heavy (non-hydrogen) atoms. The summed E-state index contributed by atoms with van der Waals surface area (Å²) in [6, 6.07) is 16.4.